The number of amidine groups is 1. The Morgan fingerprint density at radius 2 is 1.93 bits per heavy atom. The summed E-state index contributed by atoms with van der Waals surface area (Å²) < 4.78 is 13.3. The van der Waals surface area contributed by atoms with Gasteiger partial charge in [-0.2, -0.15) is 10.1 Å². The van der Waals surface area contributed by atoms with E-state index in [1.165, 1.54) is 35.8 Å². The molecule has 142 valence electrons. The van der Waals surface area contributed by atoms with Crippen LogP contribution in [-0.2, 0) is 9.59 Å². The van der Waals surface area contributed by atoms with E-state index in [9.17, 15) is 14.0 Å². The summed E-state index contributed by atoms with van der Waals surface area (Å²) in [4.78, 5) is 29.3. The number of hydrogen-bond acceptors (Lipinski definition) is 5. The molecule has 0 saturated carbocycles. The summed E-state index contributed by atoms with van der Waals surface area (Å²) in [6.07, 6.45) is 0. The fourth-order valence-corrected chi connectivity index (χ4v) is 4.25. The maximum Gasteiger partial charge on any atom is 0.274 e. The second-order valence-electron chi connectivity index (χ2n) is 6.22. The molecule has 0 spiro atoms. The Hall–Kier alpha value is -2.71. The summed E-state index contributed by atoms with van der Waals surface area (Å²) in [5, 5.41) is 9.62. The highest BCUT2D eigenvalue weighted by atomic mass is 35.5. The van der Waals surface area contributed by atoms with Gasteiger partial charge in [0, 0.05) is 12.5 Å². The molecule has 0 aromatic heterocycles. The van der Waals surface area contributed by atoms with Crippen molar-refractivity contribution < 1.29 is 14.0 Å². The summed E-state index contributed by atoms with van der Waals surface area (Å²) >= 11 is 7.47. The van der Waals surface area contributed by atoms with Crippen LogP contribution in [0, 0.1) is 5.82 Å². The smallest absolute Gasteiger partial charge is 0.274 e. The van der Waals surface area contributed by atoms with Gasteiger partial charge in [0.15, 0.2) is 5.17 Å². The molecule has 28 heavy (non-hydrogen) atoms. The third-order valence-corrected chi connectivity index (χ3v) is 5.56. The van der Waals surface area contributed by atoms with Gasteiger partial charge in [0.1, 0.15) is 22.9 Å². The first kappa shape index (κ1) is 18.6. The molecule has 2 aromatic rings. The van der Waals surface area contributed by atoms with Crippen molar-refractivity contribution in [3.05, 3.63) is 70.5 Å². The molecule has 0 bridgehead atoms. The first-order valence-electron chi connectivity index (χ1n) is 8.40. The van der Waals surface area contributed by atoms with Crippen molar-refractivity contribution in [2.24, 2.45) is 10.1 Å². The molecular weight excluding hydrogens is 403 g/mol. The Labute approximate surface area is 169 Å². The van der Waals surface area contributed by atoms with Crippen LogP contribution in [0.3, 0.4) is 0 Å². The molecule has 6 nitrogen and oxygen atoms in total. The lowest BCUT2D eigenvalue weighted by Gasteiger charge is -2.31. The highest BCUT2D eigenvalue weighted by molar-refractivity contribution is 8.27. The monoisotopic (exact) mass is 416 g/mol. The molecule has 0 aliphatic carbocycles. The van der Waals surface area contributed by atoms with Crippen LogP contribution in [0.5, 0.6) is 0 Å². The molecule has 1 N–H and O–H groups in total. The molecular formula is C19H14ClFN4O2S. The van der Waals surface area contributed by atoms with Gasteiger partial charge in [0.25, 0.3) is 5.91 Å². The minimum absolute atomic E-state index is 0.369. The van der Waals surface area contributed by atoms with Gasteiger partial charge in [-0.25, -0.2) is 9.38 Å². The summed E-state index contributed by atoms with van der Waals surface area (Å²) in [7, 11) is 0. The number of carbonyl (C=O) groups excluding carboxylic acids is 2. The van der Waals surface area contributed by atoms with E-state index in [0.29, 0.717) is 26.4 Å². The predicted molar refractivity (Wildman–Crippen MR) is 107 cm³/mol. The summed E-state index contributed by atoms with van der Waals surface area (Å²) in [6, 6.07) is 11.2. The van der Waals surface area contributed by atoms with Crippen LogP contribution in [0.4, 0.5) is 4.39 Å². The topological polar surface area (TPSA) is 74.1 Å². The molecule has 2 aliphatic rings. The third-order valence-electron chi connectivity index (χ3n) is 4.27. The van der Waals surface area contributed by atoms with Gasteiger partial charge < -0.3 is 5.32 Å². The van der Waals surface area contributed by atoms with Crippen molar-refractivity contribution in [1.29, 1.82) is 0 Å². The summed E-state index contributed by atoms with van der Waals surface area (Å²) in [5.74, 6) is -1.17. The normalized spacial score (nSPS) is 21.1. The van der Waals surface area contributed by atoms with E-state index in [4.69, 9.17) is 11.6 Å². The van der Waals surface area contributed by atoms with Gasteiger partial charge >= 0.3 is 0 Å². The van der Waals surface area contributed by atoms with Crippen LogP contribution in [0.15, 0.2) is 58.6 Å². The van der Waals surface area contributed by atoms with Crippen molar-refractivity contribution >= 4 is 45.4 Å². The molecule has 0 fully saturated rings. The highest BCUT2D eigenvalue weighted by Gasteiger charge is 2.43. The number of thioether (sulfide) groups is 1. The molecule has 9 heteroatoms. The SMILES string of the molecule is CC(=O)N[C@@H]1C(=O)N2N=C(c3ccccc3Cl)SC2=N[C@@H]1c1ccc(F)cc1. The van der Waals surface area contributed by atoms with E-state index in [1.54, 1.807) is 30.3 Å². The molecule has 2 amide bonds. The van der Waals surface area contributed by atoms with Crippen molar-refractivity contribution in [2.75, 3.05) is 0 Å². The average Bonchev–Trinajstić information content (AvgIpc) is 3.09. The van der Waals surface area contributed by atoms with Gasteiger partial charge in [0.05, 0.1) is 5.02 Å². The number of hydrogen-bond donors (Lipinski definition) is 1. The van der Waals surface area contributed by atoms with E-state index < -0.39 is 23.8 Å². The number of amides is 2. The summed E-state index contributed by atoms with van der Waals surface area (Å²) in [6.45, 7) is 1.32. The molecule has 2 aliphatic heterocycles. The second-order valence-corrected chi connectivity index (χ2v) is 7.59. The molecule has 0 unspecified atom stereocenters. The van der Waals surface area contributed by atoms with Crippen molar-refractivity contribution in [2.45, 2.75) is 19.0 Å². The molecule has 2 heterocycles. The molecule has 0 saturated heterocycles. The van der Waals surface area contributed by atoms with E-state index >= 15 is 0 Å². The number of halogens is 2. The Balaban J connectivity index is 1.74. The largest absolute Gasteiger partial charge is 0.342 e. The van der Waals surface area contributed by atoms with E-state index in [2.05, 4.69) is 15.4 Å². The molecule has 0 radical (unpaired) electrons. The number of aliphatic imine (C=N–C) groups is 1. The van der Waals surface area contributed by atoms with Crippen LogP contribution in [-0.4, -0.2) is 33.1 Å². The zero-order valence-corrected chi connectivity index (χ0v) is 16.2. The minimum Gasteiger partial charge on any atom is -0.342 e. The van der Waals surface area contributed by atoms with Crippen LogP contribution in [0.25, 0.3) is 0 Å². The average molecular weight is 417 g/mol. The second kappa shape index (κ2) is 7.37. The number of fused-ring (bicyclic) bond motifs is 1. The van der Waals surface area contributed by atoms with Gasteiger partial charge in [-0.1, -0.05) is 41.9 Å². The Morgan fingerprint density at radius 3 is 2.61 bits per heavy atom. The van der Waals surface area contributed by atoms with Crippen LogP contribution < -0.4 is 5.32 Å². The van der Waals surface area contributed by atoms with Gasteiger partial charge in [-0.05, 0) is 35.5 Å². The number of carbonyl (C=O) groups is 2. The van der Waals surface area contributed by atoms with Crippen molar-refractivity contribution in [1.82, 2.24) is 10.3 Å². The van der Waals surface area contributed by atoms with E-state index in [0.717, 1.165) is 0 Å². The maximum atomic E-state index is 13.3. The summed E-state index contributed by atoms with van der Waals surface area (Å²) in [5.41, 5.74) is 1.31. The number of rotatable bonds is 3. The van der Waals surface area contributed by atoms with E-state index in [1.807, 2.05) is 6.07 Å². The van der Waals surface area contributed by atoms with Crippen LogP contribution >= 0.6 is 23.4 Å². The Kier molecular flexibility index (Phi) is 4.91. The minimum atomic E-state index is -0.943. The lowest BCUT2D eigenvalue weighted by molar-refractivity contribution is -0.134. The lowest BCUT2D eigenvalue weighted by atomic mass is 9.98. The van der Waals surface area contributed by atoms with Gasteiger partial charge in [0.2, 0.25) is 5.91 Å². The number of benzene rings is 2. The Morgan fingerprint density at radius 1 is 1.21 bits per heavy atom. The zero-order chi connectivity index (χ0) is 19.8. The van der Waals surface area contributed by atoms with Gasteiger partial charge in [-0.15, -0.1) is 0 Å². The number of nitrogens with zero attached hydrogens (tertiary/aromatic N) is 3. The standard InChI is InChI=1S/C19H14ClFN4O2S/c1-10(26)22-16-15(11-6-8-12(21)9-7-11)23-19-25(18(16)27)24-17(28-19)13-4-2-3-5-14(13)20/h2-9,15-16H,1H3,(H,22,26)/t15-,16+/m1/s1. The highest BCUT2D eigenvalue weighted by Crippen LogP contribution is 2.36. The van der Waals surface area contributed by atoms with Crippen molar-refractivity contribution in [3.8, 4) is 0 Å². The number of nitrogens with one attached hydrogen (secondary N) is 1. The maximum absolute atomic E-state index is 13.3. The third kappa shape index (κ3) is 3.41. The first-order valence-corrected chi connectivity index (χ1v) is 9.59. The first-order chi connectivity index (χ1) is 13.4. The lowest BCUT2D eigenvalue weighted by Crippen LogP contribution is -2.52. The molecule has 4 rings (SSSR count). The quantitative estimate of drug-likeness (QED) is 0.834. The van der Waals surface area contributed by atoms with Crippen LogP contribution in [0.2, 0.25) is 5.02 Å². The predicted octanol–water partition coefficient (Wildman–Crippen LogP) is 3.33. The molecule has 2 atom stereocenters. The van der Waals surface area contributed by atoms with Gasteiger partial charge in [-0.3, -0.25) is 9.59 Å². The van der Waals surface area contributed by atoms with Crippen LogP contribution in [0.1, 0.15) is 24.1 Å². The van der Waals surface area contributed by atoms with E-state index in [-0.39, 0.29) is 5.91 Å². The zero-order valence-electron chi connectivity index (χ0n) is 14.6. The molecule has 2 aromatic carbocycles. The van der Waals surface area contributed by atoms with Crippen molar-refractivity contribution in [3.63, 3.8) is 0 Å². The number of hydrazone groups is 1. The fraction of sp³-hybridized carbons (Fsp3) is 0.158. The fourth-order valence-electron chi connectivity index (χ4n) is 3.00. The Bertz CT molecular complexity index is 1020.